The average molecular weight is 343 g/mol. The monoisotopic (exact) mass is 343 g/mol. The van der Waals surface area contributed by atoms with Crippen LogP contribution in [0.4, 0.5) is 0 Å². The fraction of sp³-hybridized carbons (Fsp3) is 0.524. The maximum Gasteiger partial charge on any atom is 0.285 e. The summed E-state index contributed by atoms with van der Waals surface area (Å²) in [6.07, 6.45) is 11.6. The summed E-state index contributed by atoms with van der Waals surface area (Å²) in [4.78, 5) is 30.5. The predicted octanol–water partition coefficient (Wildman–Crippen LogP) is 5.30. The highest BCUT2D eigenvalue weighted by Gasteiger charge is 2.37. The van der Waals surface area contributed by atoms with Crippen LogP contribution in [-0.4, -0.2) is 23.0 Å². The van der Waals surface area contributed by atoms with Gasteiger partial charge in [-0.2, -0.15) is 0 Å². The molecule has 1 unspecified atom stereocenters. The van der Waals surface area contributed by atoms with E-state index in [0.717, 1.165) is 24.3 Å². The summed E-state index contributed by atoms with van der Waals surface area (Å²) in [5.41, 5.74) is 0.835. The molecule has 2 rings (SSSR count). The Labute approximate surface area is 150 Å². The molecule has 0 saturated carbocycles. The molecule has 1 aromatic carbocycles. The van der Waals surface area contributed by atoms with Crippen molar-refractivity contribution in [2.45, 2.75) is 70.8 Å². The van der Waals surface area contributed by atoms with Gasteiger partial charge in [-0.3, -0.25) is 14.4 Å². The van der Waals surface area contributed by atoms with E-state index in [2.05, 4.69) is 13.5 Å². The molecule has 136 valence electrons. The SMILES string of the molecule is C=CCC(CCCCCCCCC)ON1C(=O)c2ccccc2C1=O. The summed E-state index contributed by atoms with van der Waals surface area (Å²) < 4.78 is 0. The number of amides is 2. The number of imide groups is 1. The van der Waals surface area contributed by atoms with Gasteiger partial charge in [0.25, 0.3) is 11.8 Å². The summed E-state index contributed by atoms with van der Waals surface area (Å²) in [7, 11) is 0. The summed E-state index contributed by atoms with van der Waals surface area (Å²) in [5.74, 6) is -0.733. The topological polar surface area (TPSA) is 46.6 Å². The van der Waals surface area contributed by atoms with Gasteiger partial charge in [0.05, 0.1) is 17.2 Å². The number of nitrogens with zero attached hydrogens (tertiary/aromatic N) is 1. The highest BCUT2D eigenvalue weighted by Crippen LogP contribution is 2.25. The minimum atomic E-state index is -0.366. The number of unbranched alkanes of at least 4 members (excludes halogenated alkanes) is 6. The molecule has 0 N–H and O–H groups in total. The molecule has 0 bridgehead atoms. The van der Waals surface area contributed by atoms with Crippen molar-refractivity contribution in [2.75, 3.05) is 0 Å². The van der Waals surface area contributed by atoms with Crippen molar-refractivity contribution in [3.8, 4) is 0 Å². The van der Waals surface area contributed by atoms with Gasteiger partial charge in [0.2, 0.25) is 0 Å². The van der Waals surface area contributed by atoms with Crippen LogP contribution in [0.3, 0.4) is 0 Å². The molecule has 0 radical (unpaired) electrons. The first-order valence-electron chi connectivity index (χ1n) is 9.44. The van der Waals surface area contributed by atoms with Crippen LogP contribution in [0, 0.1) is 0 Å². The van der Waals surface area contributed by atoms with Crippen LogP contribution in [0.25, 0.3) is 0 Å². The Kier molecular flexibility index (Phi) is 7.86. The number of hydrogen-bond acceptors (Lipinski definition) is 3. The molecule has 2 amide bonds. The quantitative estimate of drug-likeness (QED) is 0.294. The molecule has 1 aliphatic heterocycles. The zero-order chi connectivity index (χ0) is 18.1. The van der Waals surface area contributed by atoms with E-state index >= 15 is 0 Å². The molecule has 0 spiro atoms. The first-order valence-corrected chi connectivity index (χ1v) is 9.44. The summed E-state index contributed by atoms with van der Waals surface area (Å²) in [6.45, 7) is 5.98. The van der Waals surface area contributed by atoms with Crippen LogP contribution >= 0.6 is 0 Å². The second-order valence-corrected chi connectivity index (χ2v) is 6.61. The van der Waals surface area contributed by atoms with Gasteiger partial charge in [0.1, 0.15) is 0 Å². The third-order valence-corrected chi connectivity index (χ3v) is 4.57. The number of benzene rings is 1. The second-order valence-electron chi connectivity index (χ2n) is 6.61. The Morgan fingerprint density at radius 3 is 2.12 bits per heavy atom. The molecule has 1 aliphatic rings. The number of hydroxylamine groups is 2. The molecule has 1 atom stereocenters. The van der Waals surface area contributed by atoms with Crippen molar-refractivity contribution in [1.29, 1.82) is 0 Å². The zero-order valence-electron chi connectivity index (χ0n) is 15.2. The van der Waals surface area contributed by atoms with Crippen molar-refractivity contribution in [2.24, 2.45) is 0 Å². The normalized spacial score (nSPS) is 14.7. The smallest absolute Gasteiger partial charge is 0.266 e. The molecule has 4 nitrogen and oxygen atoms in total. The number of fused-ring (bicyclic) bond motifs is 1. The number of carbonyl (C=O) groups is 2. The molecule has 4 heteroatoms. The average Bonchev–Trinajstić information content (AvgIpc) is 2.86. The first kappa shape index (κ1) is 19.4. The third kappa shape index (κ3) is 5.27. The van der Waals surface area contributed by atoms with Gasteiger partial charge in [-0.1, -0.05) is 70.1 Å². The standard InChI is InChI=1S/C21H29NO3/c1-3-5-6-7-8-9-10-14-17(13-4-2)25-22-20(23)18-15-11-12-16-19(18)21(22)24/h4,11-12,15-17H,2-3,5-10,13-14H2,1H3. The molecule has 1 heterocycles. The van der Waals surface area contributed by atoms with Crippen molar-refractivity contribution in [3.05, 3.63) is 48.0 Å². The van der Waals surface area contributed by atoms with Crippen LogP contribution in [0.5, 0.6) is 0 Å². The lowest BCUT2D eigenvalue weighted by molar-refractivity contribution is -0.133. The lowest BCUT2D eigenvalue weighted by Gasteiger charge is -2.21. The minimum Gasteiger partial charge on any atom is -0.266 e. The highest BCUT2D eigenvalue weighted by atomic mass is 16.7. The first-order chi connectivity index (χ1) is 12.2. The van der Waals surface area contributed by atoms with Crippen LogP contribution in [0.15, 0.2) is 36.9 Å². The van der Waals surface area contributed by atoms with E-state index in [9.17, 15) is 9.59 Å². The van der Waals surface area contributed by atoms with Gasteiger partial charge in [-0.25, -0.2) is 0 Å². The molecule has 0 aliphatic carbocycles. The fourth-order valence-corrected chi connectivity index (χ4v) is 3.14. The summed E-state index contributed by atoms with van der Waals surface area (Å²) in [5, 5.41) is 0.931. The van der Waals surface area contributed by atoms with Crippen LogP contribution in [0.1, 0.15) is 85.4 Å². The second kappa shape index (κ2) is 10.1. The fourth-order valence-electron chi connectivity index (χ4n) is 3.14. The van der Waals surface area contributed by atoms with Crippen molar-refractivity contribution in [3.63, 3.8) is 0 Å². The van der Waals surface area contributed by atoms with Crippen molar-refractivity contribution < 1.29 is 14.4 Å². The van der Waals surface area contributed by atoms with Gasteiger partial charge in [0.15, 0.2) is 0 Å². The lowest BCUT2D eigenvalue weighted by atomic mass is 10.0. The lowest BCUT2D eigenvalue weighted by Crippen LogP contribution is -2.34. The van der Waals surface area contributed by atoms with E-state index in [-0.39, 0.29) is 17.9 Å². The molecule has 25 heavy (non-hydrogen) atoms. The van der Waals surface area contributed by atoms with Crippen LogP contribution in [0.2, 0.25) is 0 Å². The van der Waals surface area contributed by atoms with Gasteiger partial charge in [-0.15, -0.1) is 11.6 Å². The van der Waals surface area contributed by atoms with E-state index in [1.807, 2.05) is 0 Å². The molecule has 0 saturated heterocycles. The van der Waals surface area contributed by atoms with Gasteiger partial charge >= 0.3 is 0 Å². The van der Waals surface area contributed by atoms with Crippen LogP contribution in [-0.2, 0) is 4.84 Å². The highest BCUT2D eigenvalue weighted by molar-refractivity contribution is 6.20. The minimum absolute atomic E-state index is 0.185. The largest absolute Gasteiger partial charge is 0.285 e. The van der Waals surface area contributed by atoms with Gasteiger partial charge < -0.3 is 0 Å². The third-order valence-electron chi connectivity index (χ3n) is 4.57. The molecule has 1 aromatic rings. The number of rotatable bonds is 12. The van der Waals surface area contributed by atoms with E-state index < -0.39 is 0 Å². The Hall–Kier alpha value is -1.94. The molecule has 0 aromatic heterocycles. The van der Waals surface area contributed by atoms with E-state index in [1.54, 1.807) is 30.3 Å². The molecular formula is C21H29NO3. The van der Waals surface area contributed by atoms with Crippen molar-refractivity contribution >= 4 is 11.8 Å². The Morgan fingerprint density at radius 2 is 1.56 bits per heavy atom. The van der Waals surface area contributed by atoms with Gasteiger partial charge in [-0.05, 0) is 25.0 Å². The zero-order valence-corrected chi connectivity index (χ0v) is 15.2. The maximum atomic E-state index is 12.4. The molecular weight excluding hydrogens is 314 g/mol. The Balaban J connectivity index is 1.82. The van der Waals surface area contributed by atoms with Crippen LogP contribution < -0.4 is 0 Å². The molecule has 0 fully saturated rings. The van der Waals surface area contributed by atoms with Crippen molar-refractivity contribution in [1.82, 2.24) is 5.06 Å². The number of carbonyl (C=O) groups excluding carboxylic acids is 2. The summed E-state index contributed by atoms with van der Waals surface area (Å²) >= 11 is 0. The van der Waals surface area contributed by atoms with E-state index in [4.69, 9.17) is 4.84 Å². The predicted molar refractivity (Wildman–Crippen MR) is 99.2 cm³/mol. The van der Waals surface area contributed by atoms with E-state index in [0.29, 0.717) is 17.5 Å². The summed E-state index contributed by atoms with van der Waals surface area (Å²) in [6, 6.07) is 6.84. The number of hydrogen-bond donors (Lipinski definition) is 0. The van der Waals surface area contributed by atoms with Gasteiger partial charge in [0, 0.05) is 0 Å². The Bertz CT molecular complexity index is 562. The maximum absolute atomic E-state index is 12.4. The Morgan fingerprint density at radius 1 is 1.00 bits per heavy atom. The van der Waals surface area contributed by atoms with E-state index in [1.165, 1.54) is 32.1 Å².